The van der Waals surface area contributed by atoms with Crippen molar-refractivity contribution in [1.29, 1.82) is 0 Å². The normalized spacial score (nSPS) is 10.3. The highest BCUT2D eigenvalue weighted by Crippen LogP contribution is 2.28. The summed E-state index contributed by atoms with van der Waals surface area (Å²) in [6, 6.07) is 23.3. The first-order valence-corrected chi connectivity index (χ1v) is 8.94. The maximum Gasteiger partial charge on any atom is 0.292 e. The maximum atomic E-state index is 12.7. The number of rotatable bonds is 6. The first kappa shape index (κ1) is 17.7. The number of amides is 1. The molecule has 0 aliphatic carbocycles. The second-order valence-corrected chi connectivity index (χ2v) is 6.52. The minimum absolute atomic E-state index is 0.129. The van der Waals surface area contributed by atoms with Crippen LogP contribution in [0.1, 0.15) is 15.9 Å². The van der Waals surface area contributed by atoms with E-state index in [2.05, 4.69) is 5.32 Å². The molecule has 0 bridgehead atoms. The van der Waals surface area contributed by atoms with Crippen LogP contribution in [0, 0.1) is 10.1 Å². The van der Waals surface area contributed by atoms with Gasteiger partial charge in [-0.3, -0.25) is 14.9 Å². The minimum Gasteiger partial charge on any atom is -0.316 e. The average Bonchev–Trinajstić information content (AvgIpc) is 2.67. The predicted octanol–water partition coefficient (Wildman–Crippen LogP) is 5.14. The number of thioether (sulfide) groups is 1. The molecule has 0 saturated carbocycles. The number of nitrogens with zero attached hydrogens (tertiary/aromatic N) is 1. The van der Waals surface area contributed by atoms with E-state index in [1.54, 1.807) is 36.0 Å². The molecule has 0 atom stereocenters. The monoisotopic (exact) mass is 364 g/mol. The standard InChI is InChI=1S/C20H16N2O3S/c23-20(21-17-11-5-6-12-18(17)22(24)25)16-10-4-7-13-19(16)26-14-15-8-2-1-3-9-15/h1-13H,14H2,(H,21,23). The van der Waals surface area contributed by atoms with Gasteiger partial charge < -0.3 is 5.32 Å². The van der Waals surface area contributed by atoms with Crippen LogP contribution in [0.2, 0.25) is 0 Å². The summed E-state index contributed by atoms with van der Waals surface area (Å²) in [7, 11) is 0. The largest absolute Gasteiger partial charge is 0.316 e. The SMILES string of the molecule is O=C(Nc1ccccc1[N+](=O)[O-])c1ccccc1SCc1ccccc1. The number of anilines is 1. The van der Waals surface area contributed by atoms with Crippen molar-refractivity contribution < 1.29 is 9.72 Å². The molecule has 1 N–H and O–H groups in total. The van der Waals surface area contributed by atoms with Gasteiger partial charge in [-0.15, -0.1) is 11.8 Å². The Morgan fingerprint density at radius 3 is 2.35 bits per heavy atom. The summed E-state index contributed by atoms with van der Waals surface area (Å²) in [6.07, 6.45) is 0. The summed E-state index contributed by atoms with van der Waals surface area (Å²) in [4.78, 5) is 24.1. The number of carbonyl (C=O) groups excluding carboxylic acids is 1. The number of para-hydroxylation sites is 2. The summed E-state index contributed by atoms with van der Waals surface area (Å²) in [6.45, 7) is 0. The highest BCUT2D eigenvalue weighted by molar-refractivity contribution is 7.98. The van der Waals surface area contributed by atoms with Gasteiger partial charge >= 0.3 is 0 Å². The molecular weight excluding hydrogens is 348 g/mol. The molecule has 0 heterocycles. The first-order chi connectivity index (χ1) is 12.6. The molecule has 0 aliphatic heterocycles. The number of hydrogen-bond donors (Lipinski definition) is 1. The molecule has 0 spiro atoms. The van der Waals surface area contributed by atoms with Gasteiger partial charge in [0.15, 0.2) is 0 Å². The second-order valence-electron chi connectivity index (χ2n) is 5.50. The molecule has 6 heteroatoms. The van der Waals surface area contributed by atoms with Gasteiger partial charge in [-0.2, -0.15) is 0 Å². The Bertz CT molecular complexity index is 929. The second kappa shape index (κ2) is 8.31. The van der Waals surface area contributed by atoms with Crippen molar-refractivity contribution in [2.45, 2.75) is 10.6 Å². The molecule has 26 heavy (non-hydrogen) atoms. The molecule has 3 aromatic carbocycles. The van der Waals surface area contributed by atoms with Crippen LogP contribution in [0.3, 0.4) is 0 Å². The van der Waals surface area contributed by atoms with E-state index in [0.29, 0.717) is 5.56 Å². The quantitative estimate of drug-likeness (QED) is 0.373. The Balaban J connectivity index is 1.79. The van der Waals surface area contributed by atoms with Crippen molar-refractivity contribution in [2.75, 3.05) is 5.32 Å². The molecular formula is C20H16N2O3S. The molecule has 5 nitrogen and oxygen atoms in total. The zero-order valence-corrected chi connectivity index (χ0v) is 14.6. The highest BCUT2D eigenvalue weighted by Gasteiger charge is 2.17. The number of nitro benzene ring substituents is 1. The van der Waals surface area contributed by atoms with Gasteiger partial charge in [0.2, 0.25) is 0 Å². The molecule has 0 unspecified atom stereocenters. The average molecular weight is 364 g/mol. The van der Waals surface area contributed by atoms with Crippen LogP contribution in [0.25, 0.3) is 0 Å². The zero-order valence-electron chi connectivity index (χ0n) is 13.8. The lowest BCUT2D eigenvalue weighted by Crippen LogP contribution is -2.14. The third-order valence-corrected chi connectivity index (χ3v) is 4.86. The zero-order chi connectivity index (χ0) is 18.4. The topological polar surface area (TPSA) is 72.2 Å². The van der Waals surface area contributed by atoms with Crippen molar-refractivity contribution in [3.8, 4) is 0 Å². The van der Waals surface area contributed by atoms with E-state index in [1.807, 2.05) is 42.5 Å². The molecule has 3 aromatic rings. The van der Waals surface area contributed by atoms with Crippen molar-refractivity contribution in [3.63, 3.8) is 0 Å². The number of nitro groups is 1. The molecule has 0 radical (unpaired) electrons. The van der Waals surface area contributed by atoms with Crippen molar-refractivity contribution in [3.05, 3.63) is 100 Å². The fraction of sp³-hybridized carbons (Fsp3) is 0.0500. The third-order valence-electron chi connectivity index (χ3n) is 3.72. The fourth-order valence-corrected chi connectivity index (χ4v) is 3.45. The number of carbonyl (C=O) groups is 1. The number of benzene rings is 3. The van der Waals surface area contributed by atoms with Crippen LogP contribution in [-0.4, -0.2) is 10.8 Å². The Kier molecular flexibility index (Phi) is 5.66. The maximum absolute atomic E-state index is 12.7. The van der Waals surface area contributed by atoms with Gasteiger partial charge in [-0.1, -0.05) is 54.6 Å². The van der Waals surface area contributed by atoms with E-state index >= 15 is 0 Å². The van der Waals surface area contributed by atoms with E-state index in [9.17, 15) is 14.9 Å². The lowest BCUT2D eigenvalue weighted by Gasteiger charge is -2.10. The Hall–Kier alpha value is -3.12. The van der Waals surface area contributed by atoms with Gasteiger partial charge in [0, 0.05) is 16.7 Å². The van der Waals surface area contributed by atoms with Crippen LogP contribution in [0.4, 0.5) is 11.4 Å². The van der Waals surface area contributed by atoms with Crippen molar-refractivity contribution in [2.24, 2.45) is 0 Å². The van der Waals surface area contributed by atoms with Gasteiger partial charge in [-0.25, -0.2) is 0 Å². The van der Waals surface area contributed by atoms with E-state index in [1.165, 1.54) is 12.1 Å². The molecule has 0 aromatic heterocycles. The van der Waals surface area contributed by atoms with E-state index in [4.69, 9.17) is 0 Å². The predicted molar refractivity (Wildman–Crippen MR) is 103 cm³/mol. The fourth-order valence-electron chi connectivity index (χ4n) is 2.44. The van der Waals surface area contributed by atoms with Crippen LogP contribution in [0.5, 0.6) is 0 Å². The molecule has 0 fully saturated rings. The van der Waals surface area contributed by atoms with E-state index in [-0.39, 0.29) is 17.3 Å². The van der Waals surface area contributed by atoms with Crippen LogP contribution in [-0.2, 0) is 5.75 Å². The Morgan fingerprint density at radius 1 is 0.923 bits per heavy atom. The Morgan fingerprint density at radius 2 is 1.58 bits per heavy atom. The third kappa shape index (κ3) is 4.29. The summed E-state index contributed by atoms with van der Waals surface area (Å²) in [5.74, 6) is 0.367. The lowest BCUT2D eigenvalue weighted by atomic mass is 10.2. The molecule has 130 valence electrons. The first-order valence-electron chi connectivity index (χ1n) is 7.95. The van der Waals surface area contributed by atoms with Crippen molar-refractivity contribution in [1.82, 2.24) is 0 Å². The van der Waals surface area contributed by atoms with Crippen LogP contribution in [0.15, 0.2) is 83.8 Å². The molecule has 1 amide bonds. The smallest absolute Gasteiger partial charge is 0.292 e. The van der Waals surface area contributed by atoms with Gasteiger partial charge in [0.25, 0.3) is 11.6 Å². The van der Waals surface area contributed by atoms with Gasteiger partial charge in [0.1, 0.15) is 5.69 Å². The van der Waals surface area contributed by atoms with Crippen LogP contribution < -0.4 is 5.32 Å². The molecule has 3 rings (SSSR count). The van der Waals surface area contributed by atoms with E-state index < -0.39 is 4.92 Å². The summed E-state index contributed by atoms with van der Waals surface area (Å²) in [5, 5.41) is 13.8. The van der Waals surface area contributed by atoms with E-state index in [0.717, 1.165) is 16.2 Å². The summed E-state index contributed by atoms with van der Waals surface area (Å²) >= 11 is 1.55. The molecule has 0 aliphatic rings. The number of hydrogen-bond acceptors (Lipinski definition) is 4. The van der Waals surface area contributed by atoms with Crippen molar-refractivity contribution >= 4 is 29.0 Å². The Labute approximate surface area is 155 Å². The number of nitrogens with one attached hydrogen (secondary N) is 1. The lowest BCUT2D eigenvalue weighted by molar-refractivity contribution is -0.383. The molecule has 0 saturated heterocycles. The van der Waals surface area contributed by atoms with Gasteiger partial charge in [-0.05, 0) is 23.8 Å². The minimum atomic E-state index is -0.508. The summed E-state index contributed by atoms with van der Waals surface area (Å²) < 4.78 is 0. The van der Waals surface area contributed by atoms with Crippen LogP contribution >= 0.6 is 11.8 Å². The van der Waals surface area contributed by atoms with Gasteiger partial charge in [0.05, 0.1) is 10.5 Å². The summed E-state index contributed by atoms with van der Waals surface area (Å²) in [5.41, 5.74) is 1.71. The highest BCUT2D eigenvalue weighted by atomic mass is 32.2.